The number of hydrogen-bond donors (Lipinski definition) is 1. The highest BCUT2D eigenvalue weighted by atomic mass is 16.5. The second kappa shape index (κ2) is 5.31. The molecular weight excluding hydrogens is 222 g/mol. The maximum atomic E-state index is 6.03. The molecule has 18 heavy (non-hydrogen) atoms. The molecule has 0 amide bonds. The zero-order valence-corrected chi connectivity index (χ0v) is 11.0. The van der Waals surface area contributed by atoms with Gasteiger partial charge in [0.25, 0.3) is 0 Å². The van der Waals surface area contributed by atoms with Crippen molar-refractivity contribution in [2.75, 3.05) is 13.2 Å². The summed E-state index contributed by atoms with van der Waals surface area (Å²) in [6, 6.07) is 6.74. The van der Waals surface area contributed by atoms with Gasteiger partial charge in [-0.15, -0.1) is 0 Å². The van der Waals surface area contributed by atoms with E-state index >= 15 is 0 Å². The normalized spacial score (nSPS) is 21.4. The summed E-state index contributed by atoms with van der Waals surface area (Å²) in [6.45, 7) is 1.65. The summed E-state index contributed by atoms with van der Waals surface area (Å²) >= 11 is 0. The van der Waals surface area contributed by atoms with Crippen LogP contribution in [0.1, 0.15) is 49.1 Å². The van der Waals surface area contributed by atoms with Crippen LogP contribution in [0.15, 0.2) is 18.2 Å². The standard InChI is InChI=1S/C16H23NO/c17-11-15(12-4-1-2-5-12)13-7-8-16-14(10-13)6-3-9-18-16/h7-8,10,12,15H,1-6,9,11,17H2. The van der Waals surface area contributed by atoms with Gasteiger partial charge in [0.15, 0.2) is 0 Å². The van der Waals surface area contributed by atoms with Crippen LogP contribution in [0.25, 0.3) is 0 Å². The van der Waals surface area contributed by atoms with Gasteiger partial charge in [-0.05, 0) is 61.3 Å². The summed E-state index contributed by atoms with van der Waals surface area (Å²) in [4.78, 5) is 0. The average molecular weight is 245 g/mol. The van der Waals surface area contributed by atoms with Crippen molar-refractivity contribution < 1.29 is 4.74 Å². The van der Waals surface area contributed by atoms with E-state index in [1.54, 1.807) is 0 Å². The third kappa shape index (κ3) is 2.26. The van der Waals surface area contributed by atoms with Crippen molar-refractivity contribution in [2.24, 2.45) is 11.7 Å². The molecule has 1 atom stereocenters. The van der Waals surface area contributed by atoms with Crippen LogP contribution in [0.3, 0.4) is 0 Å². The smallest absolute Gasteiger partial charge is 0.122 e. The molecule has 1 aliphatic carbocycles. The van der Waals surface area contributed by atoms with Gasteiger partial charge in [0.05, 0.1) is 6.61 Å². The number of hydrogen-bond acceptors (Lipinski definition) is 2. The molecule has 0 bridgehead atoms. The molecular formula is C16H23NO. The summed E-state index contributed by atoms with van der Waals surface area (Å²) in [5.74, 6) is 2.45. The molecule has 2 aliphatic rings. The summed E-state index contributed by atoms with van der Waals surface area (Å²) in [6.07, 6.45) is 7.79. The van der Waals surface area contributed by atoms with Gasteiger partial charge in [-0.25, -0.2) is 0 Å². The first-order chi connectivity index (χ1) is 8.88. The van der Waals surface area contributed by atoms with Crippen LogP contribution in [0.4, 0.5) is 0 Å². The minimum Gasteiger partial charge on any atom is -0.493 e. The van der Waals surface area contributed by atoms with Crippen molar-refractivity contribution in [1.29, 1.82) is 0 Å². The molecule has 3 rings (SSSR count). The maximum Gasteiger partial charge on any atom is 0.122 e. The van der Waals surface area contributed by atoms with E-state index in [1.165, 1.54) is 36.8 Å². The first-order valence-electron chi connectivity index (χ1n) is 7.34. The minimum atomic E-state index is 0.555. The Labute approximate surface area is 110 Å². The molecule has 1 heterocycles. The van der Waals surface area contributed by atoms with E-state index in [1.807, 2.05) is 0 Å². The molecule has 1 saturated carbocycles. The lowest BCUT2D eigenvalue weighted by molar-refractivity contribution is 0.288. The SMILES string of the molecule is NCC(c1ccc2c(c1)CCCO2)C1CCCC1. The molecule has 1 fully saturated rings. The average Bonchev–Trinajstić information content (AvgIpc) is 2.93. The minimum absolute atomic E-state index is 0.555. The number of aryl methyl sites for hydroxylation is 1. The third-order valence-corrected chi connectivity index (χ3v) is 4.58. The fraction of sp³-hybridized carbons (Fsp3) is 0.625. The number of rotatable bonds is 3. The molecule has 1 aliphatic heterocycles. The van der Waals surface area contributed by atoms with Gasteiger partial charge in [-0.1, -0.05) is 25.0 Å². The molecule has 1 unspecified atom stereocenters. The molecule has 1 aromatic carbocycles. The Bertz CT molecular complexity index is 410. The number of benzene rings is 1. The largest absolute Gasteiger partial charge is 0.493 e. The van der Waals surface area contributed by atoms with Crippen LogP contribution < -0.4 is 10.5 Å². The summed E-state index contributed by atoms with van der Waals surface area (Å²) in [5.41, 5.74) is 8.85. The Morgan fingerprint density at radius 2 is 2.06 bits per heavy atom. The highest BCUT2D eigenvalue weighted by Crippen LogP contribution is 2.38. The lowest BCUT2D eigenvalue weighted by Gasteiger charge is -2.25. The predicted octanol–water partition coefficient (Wildman–Crippen LogP) is 3.24. The number of fused-ring (bicyclic) bond motifs is 1. The van der Waals surface area contributed by atoms with Crippen LogP contribution in [-0.2, 0) is 6.42 Å². The van der Waals surface area contributed by atoms with E-state index in [2.05, 4.69) is 18.2 Å². The van der Waals surface area contributed by atoms with Crippen LogP contribution in [0.5, 0.6) is 5.75 Å². The van der Waals surface area contributed by atoms with Gasteiger partial charge in [-0.3, -0.25) is 0 Å². The summed E-state index contributed by atoms with van der Waals surface area (Å²) < 4.78 is 5.69. The molecule has 98 valence electrons. The van der Waals surface area contributed by atoms with Gasteiger partial charge in [0.1, 0.15) is 5.75 Å². The number of ether oxygens (including phenoxy) is 1. The van der Waals surface area contributed by atoms with Crippen LogP contribution in [0.2, 0.25) is 0 Å². The van der Waals surface area contributed by atoms with Gasteiger partial charge in [0, 0.05) is 0 Å². The highest BCUT2D eigenvalue weighted by Gasteiger charge is 2.26. The Morgan fingerprint density at radius 1 is 1.22 bits per heavy atom. The molecule has 2 nitrogen and oxygen atoms in total. The highest BCUT2D eigenvalue weighted by molar-refractivity contribution is 5.40. The zero-order chi connectivity index (χ0) is 12.4. The Balaban J connectivity index is 1.85. The molecule has 0 aromatic heterocycles. The quantitative estimate of drug-likeness (QED) is 0.887. The van der Waals surface area contributed by atoms with E-state index in [9.17, 15) is 0 Å². The van der Waals surface area contributed by atoms with Gasteiger partial charge in [-0.2, -0.15) is 0 Å². The second-order valence-corrected chi connectivity index (χ2v) is 5.71. The first kappa shape index (κ1) is 12.0. The molecule has 2 heteroatoms. The Kier molecular flexibility index (Phi) is 3.55. The van der Waals surface area contributed by atoms with Crippen molar-refractivity contribution in [2.45, 2.75) is 44.4 Å². The fourth-order valence-electron chi connectivity index (χ4n) is 3.57. The molecule has 1 aromatic rings. The third-order valence-electron chi connectivity index (χ3n) is 4.58. The van der Waals surface area contributed by atoms with E-state index in [0.29, 0.717) is 5.92 Å². The number of nitrogens with two attached hydrogens (primary N) is 1. The van der Waals surface area contributed by atoms with Crippen LogP contribution in [-0.4, -0.2) is 13.2 Å². The van der Waals surface area contributed by atoms with Crippen LogP contribution >= 0.6 is 0 Å². The summed E-state index contributed by atoms with van der Waals surface area (Å²) in [7, 11) is 0. The van der Waals surface area contributed by atoms with E-state index in [4.69, 9.17) is 10.5 Å². The van der Waals surface area contributed by atoms with Gasteiger partial charge in [0.2, 0.25) is 0 Å². The zero-order valence-electron chi connectivity index (χ0n) is 11.0. The van der Waals surface area contributed by atoms with Crippen molar-refractivity contribution in [1.82, 2.24) is 0 Å². The monoisotopic (exact) mass is 245 g/mol. The maximum absolute atomic E-state index is 6.03. The Hall–Kier alpha value is -1.02. The topological polar surface area (TPSA) is 35.2 Å². The first-order valence-corrected chi connectivity index (χ1v) is 7.34. The van der Waals surface area contributed by atoms with E-state index in [0.717, 1.165) is 37.7 Å². The Morgan fingerprint density at radius 3 is 2.83 bits per heavy atom. The molecule has 2 N–H and O–H groups in total. The van der Waals surface area contributed by atoms with Crippen molar-refractivity contribution in [3.8, 4) is 5.75 Å². The second-order valence-electron chi connectivity index (χ2n) is 5.71. The van der Waals surface area contributed by atoms with E-state index < -0.39 is 0 Å². The molecule has 0 spiro atoms. The van der Waals surface area contributed by atoms with Crippen molar-refractivity contribution in [3.63, 3.8) is 0 Å². The lowest BCUT2D eigenvalue weighted by atomic mass is 9.84. The van der Waals surface area contributed by atoms with Gasteiger partial charge < -0.3 is 10.5 Å². The summed E-state index contributed by atoms with van der Waals surface area (Å²) in [5, 5.41) is 0. The lowest BCUT2D eigenvalue weighted by Crippen LogP contribution is -2.20. The van der Waals surface area contributed by atoms with Crippen molar-refractivity contribution >= 4 is 0 Å². The fourth-order valence-corrected chi connectivity index (χ4v) is 3.57. The van der Waals surface area contributed by atoms with E-state index in [-0.39, 0.29) is 0 Å². The van der Waals surface area contributed by atoms with Gasteiger partial charge >= 0.3 is 0 Å². The van der Waals surface area contributed by atoms with Crippen LogP contribution in [0, 0.1) is 5.92 Å². The molecule has 0 radical (unpaired) electrons. The molecule has 0 saturated heterocycles. The van der Waals surface area contributed by atoms with Crippen molar-refractivity contribution in [3.05, 3.63) is 29.3 Å². The predicted molar refractivity (Wildman–Crippen MR) is 74.0 cm³/mol.